The standard InChI is InChI=1S/C21H25N3O3/c25-20(23-11-4-8-16-6-2-1-3-7-16)17-10-12-22-19(14-17)21(26)24-15-18-9-5-13-27-18/h1-3,6-7,10,12,14,18H,4-5,8-9,11,13,15H2,(H,23,25)(H,24,26). The van der Waals surface area contributed by atoms with Gasteiger partial charge in [-0.05, 0) is 43.4 Å². The van der Waals surface area contributed by atoms with E-state index >= 15 is 0 Å². The largest absolute Gasteiger partial charge is 0.376 e. The van der Waals surface area contributed by atoms with E-state index in [9.17, 15) is 9.59 Å². The lowest BCUT2D eigenvalue weighted by molar-refractivity contribution is 0.0853. The quantitative estimate of drug-likeness (QED) is 0.702. The highest BCUT2D eigenvalue weighted by Crippen LogP contribution is 2.11. The summed E-state index contributed by atoms with van der Waals surface area (Å²) in [5, 5.41) is 5.71. The number of hydrogen-bond donors (Lipinski definition) is 2. The number of benzene rings is 1. The molecule has 2 aromatic rings. The van der Waals surface area contributed by atoms with E-state index in [4.69, 9.17) is 4.74 Å². The van der Waals surface area contributed by atoms with Crippen LogP contribution in [0.15, 0.2) is 48.7 Å². The molecule has 1 aliphatic heterocycles. The van der Waals surface area contributed by atoms with Crippen LogP contribution in [0.2, 0.25) is 0 Å². The van der Waals surface area contributed by atoms with E-state index in [1.54, 1.807) is 6.07 Å². The highest BCUT2D eigenvalue weighted by Gasteiger charge is 2.17. The number of carbonyl (C=O) groups excluding carboxylic acids is 2. The molecular formula is C21H25N3O3. The van der Waals surface area contributed by atoms with Crippen LogP contribution >= 0.6 is 0 Å². The molecule has 0 bridgehead atoms. The van der Waals surface area contributed by atoms with Crippen molar-refractivity contribution < 1.29 is 14.3 Å². The molecule has 6 heteroatoms. The SMILES string of the molecule is O=C(NCCCc1ccccc1)c1ccnc(C(=O)NCC2CCCO2)c1. The lowest BCUT2D eigenvalue weighted by Gasteiger charge is -2.11. The van der Waals surface area contributed by atoms with Gasteiger partial charge in [-0.2, -0.15) is 0 Å². The molecule has 1 unspecified atom stereocenters. The summed E-state index contributed by atoms with van der Waals surface area (Å²) in [5.74, 6) is -0.483. The van der Waals surface area contributed by atoms with Crippen LogP contribution in [0.5, 0.6) is 0 Å². The van der Waals surface area contributed by atoms with Crippen molar-refractivity contribution in [3.63, 3.8) is 0 Å². The van der Waals surface area contributed by atoms with Crippen molar-refractivity contribution in [2.45, 2.75) is 31.8 Å². The van der Waals surface area contributed by atoms with Gasteiger partial charge in [-0.3, -0.25) is 14.6 Å². The predicted octanol–water partition coefficient (Wildman–Crippen LogP) is 2.35. The number of carbonyl (C=O) groups is 2. The van der Waals surface area contributed by atoms with Gasteiger partial charge in [-0.15, -0.1) is 0 Å². The Bertz CT molecular complexity index is 758. The van der Waals surface area contributed by atoms with E-state index in [1.807, 2.05) is 18.2 Å². The Morgan fingerprint density at radius 1 is 1.11 bits per heavy atom. The van der Waals surface area contributed by atoms with Crippen LogP contribution in [0.3, 0.4) is 0 Å². The Kier molecular flexibility index (Phi) is 6.93. The lowest BCUT2D eigenvalue weighted by Crippen LogP contribution is -2.32. The molecule has 2 amide bonds. The van der Waals surface area contributed by atoms with Gasteiger partial charge in [0.2, 0.25) is 0 Å². The second-order valence-electron chi connectivity index (χ2n) is 6.62. The number of aromatic nitrogens is 1. The molecule has 0 radical (unpaired) electrons. The minimum atomic E-state index is -0.288. The van der Waals surface area contributed by atoms with E-state index in [0.29, 0.717) is 18.7 Å². The summed E-state index contributed by atoms with van der Waals surface area (Å²) in [5.41, 5.74) is 1.93. The van der Waals surface area contributed by atoms with Crippen molar-refractivity contribution in [3.05, 3.63) is 65.5 Å². The van der Waals surface area contributed by atoms with E-state index in [-0.39, 0.29) is 23.6 Å². The molecule has 1 atom stereocenters. The number of nitrogens with one attached hydrogen (secondary N) is 2. The third kappa shape index (κ3) is 5.89. The van der Waals surface area contributed by atoms with E-state index in [2.05, 4.69) is 27.8 Å². The summed E-state index contributed by atoms with van der Waals surface area (Å²) in [6.45, 7) is 1.80. The zero-order valence-electron chi connectivity index (χ0n) is 15.3. The number of amides is 2. The Morgan fingerprint density at radius 2 is 1.96 bits per heavy atom. The highest BCUT2D eigenvalue weighted by atomic mass is 16.5. The molecule has 1 fully saturated rings. The van der Waals surface area contributed by atoms with E-state index < -0.39 is 0 Å². The fraction of sp³-hybridized carbons (Fsp3) is 0.381. The average molecular weight is 367 g/mol. The number of ether oxygens (including phenoxy) is 1. The van der Waals surface area contributed by atoms with Crippen molar-refractivity contribution in [1.29, 1.82) is 0 Å². The smallest absolute Gasteiger partial charge is 0.269 e. The maximum atomic E-state index is 12.3. The van der Waals surface area contributed by atoms with Crippen LogP contribution in [-0.4, -0.2) is 42.6 Å². The molecule has 0 aliphatic carbocycles. The first kappa shape index (κ1) is 19.0. The molecular weight excluding hydrogens is 342 g/mol. The fourth-order valence-electron chi connectivity index (χ4n) is 3.04. The van der Waals surface area contributed by atoms with Crippen LogP contribution < -0.4 is 10.6 Å². The molecule has 142 valence electrons. The molecule has 3 rings (SSSR count). The van der Waals surface area contributed by atoms with Gasteiger partial charge in [0.25, 0.3) is 11.8 Å². The Hall–Kier alpha value is -2.73. The fourth-order valence-corrected chi connectivity index (χ4v) is 3.04. The highest BCUT2D eigenvalue weighted by molar-refractivity contribution is 5.98. The van der Waals surface area contributed by atoms with E-state index in [1.165, 1.54) is 17.8 Å². The maximum Gasteiger partial charge on any atom is 0.269 e. The van der Waals surface area contributed by atoms with Crippen molar-refractivity contribution in [3.8, 4) is 0 Å². The number of pyridine rings is 1. The normalized spacial score (nSPS) is 16.1. The molecule has 2 heterocycles. The summed E-state index contributed by atoms with van der Waals surface area (Å²) < 4.78 is 5.49. The Balaban J connectivity index is 1.45. The summed E-state index contributed by atoms with van der Waals surface area (Å²) in [6, 6.07) is 13.3. The van der Waals surface area contributed by atoms with Gasteiger partial charge >= 0.3 is 0 Å². The number of aryl methyl sites for hydroxylation is 1. The molecule has 0 saturated carbocycles. The zero-order chi connectivity index (χ0) is 18.9. The third-order valence-corrected chi connectivity index (χ3v) is 4.54. The molecule has 1 saturated heterocycles. The lowest BCUT2D eigenvalue weighted by atomic mass is 10.1. The second-order valence-corrected chi connectivity index (χ2v) is 6.62. The summed E-state index contributed by atoms with van der Waals surface area (Å²) in [4.78, 5) is 28.6. The van der Waals surface area contributed by atoms with Crippen molar-refractivity contribution in [1.82, 2.24) is 15.6 Å². The Labute approximate surface area is 159 Å². The van der Waals surface area contributed by atoms with Crippen LogP contribution in [-0.2, 0) is 11.2 Å². The minimum absolute atomic E-state index is 0.0741. The first-order valence-electron chi connectivity index (χ1n) is 9.40. The molecule has 1 aromatic carbocycles. The van der Waals surface area contributed by atoms with Crippen LogP contribution in [0.4, 0.5) is 0 Å². The molecule has 1 aromatic heterocycles. The molecule has 27 heavy (non-hydrogen) atoms. The number of rotatable bonds is 8. The molecule has 1 aliphatic rings. The van der Waals surface area contributed by atoms with Gasteiger partial charge in [0.15, 0.2) is 0 Å². The summed E-state index contributed by atoms with van der Waals surface area (Å²) in [7, 11) is 0. The summed E-state index contributed by atoms with van der Waals surface area (Å²) >= 11 is 0. The average Bonchev–Trinajstić information content (AvgIpc) is 3.24. The van der Waals surface area contributed by atoms with Crippen LogP contribution in [0, 0.1) is 0 Å². The number of nitrogens with zero attached hydrogens (tertiary/aromatic N) is 1. The first-order chi connectivity index (χ1) is 13.2. The van der Waals surface area contributed by atoms with Gasteiger partial charge in [0.05, 0.1) is 6.10 Å². The van der Waals surface area contributed by atoms with Gasteiger partial charge in [0, 0.05) is 31.5 Å². The third-order valence-electron chi connectivity index (χ3n) is 4.54. The van der Waals surface area contributed by atoms with Crippen molar-refractivity contribution in [2.75, 3.05) is 19.7 Å². The first-order valence-corrected chi connectivity index (χ1v) is 9.40. The molecule has 6 nitrogen and oxygen atoms in total. The van der Waals surface area contributed by atoms with Crippen LogP contribution in [0.25, 0.3) is 0 Å². The van der Waals surface area contributed by atoms with Crippen molar-refractivity contribution in [2.24, 2.45) is 0 Å². The molecule has 2 N–H and O–H groups in total. The maximum absolute atomic E-state index is 12.3. The second kappa shape index (κ2) is 9.83. The monoisotopic (exact) mass is 367 g/mol. The topological polar surface area (TPSA) is 80.3 Å². The minimum Gasteiger partial charge on any atom is -0.376 e. The van der Waals surface area contributed by atoms with Crippen LogP contribution in [0.1, 0.15) is 45.7 Å². The van der Waals surface area contributed by atoms with Gasteiger partial charge < -0.3 is 15.4 Å². The number of hydrogen-bond acceptors (Lipinski definition) is 4. The van der Waals surface area contributed by atoms with Gasteiger partial charge in [0.1, 0.15) is 5.69 Å². The predicted molar refractivity (Wildman–Crippen MR) is 103 cm³/mol. The zero-order valence-corrected chi connectivity index (χ0v) is 15.3. The van der Waals surface area contributed by atoms with Gasteiger partial charge in [-0.1, -0.05) is 30.3 Å². The van der Waals surface area contributed by atoms with Crippen molar-refractivity contribution >= 4 is 11.8 Å². The summed E-state index contributed by atoms with van der Waals surface area (Å²) in [6.07, 6.45) is 5.31. The van der Waals surface area contributed by atoms with Gasteiger partial charge in [-0.25, -0.2) is 0 Å². The van der Waals surface area contributed by atoms with E-state index in [0.717, 1.165) is 32.3 Å². The Morgan fingerprint density at radius 3 is 2.74 bits per heavy atom. The molecule has 0 spiro atoms.